The molecule has 0 unspecified atom stereocenters. The van der Waals surface area contributed by atoms with Crippen LogP contribution < -0.4 is 5.32 Å². The third kappa shape index (κ3) is 4.29. The molecule has 0 saturated carbocycles. The molecular weight excluding hydrogens is 488 g/mol. The molecule has 2 aromatic heterocycles. The number of rotatable bonds is 6. The number of halogens is 1. The van der Waals surface area contributed by atoms with Crippen molar-refractivity contribution in [2.24, 2.45) is 0 Å². The number of nitrogens with zero attached hydrogens (tertiary/aromatic N) is 3. The Morgan fingerprint density at radius 1 is 1.22 bits per heavy atom. The second-order valence-electron chi connectivity index (χ2n) is 7.70. The molecule has 8 heteroatoms. The van der Waals surface area contributed by atoms with Gasteiger partial charge in [0, 0.05) is 27.7 Å². The van der Waals surface area contributed by atoms with Gasteiger partial charge in [0.2, 0.25) is 0 Å². The van der Waals surface area contributed by atoms with Crippen molar-refractivity contribution < 1.29 is 9.53 Å². The molecule has 1 aliphatic rings. The van der Waals surface area contributed by atoms with Crippen molar-refractivity contribution in [3.8, 4) is 5.69 Å². The largest absolute Gasteiger partial charge is 0.465 e. The van der Waals surface area contributed by atoms with E-state index in [0.717, 1.165) is 32.8 Å². The Labute approximate surface area is 201 Å². The average molecular weight is 513 g/mol. The highest BCUT2D eigenvalue weighted by molar-refractivity contribution is 9.10. The average Bonchev–Trinajstić information content (AvgIpc) is 3.24. The van der Waals surface area contributed by atoms with Crippen LogP contribution in [0.3, 0.4) is 0 Å². The Balaban J connectivity index is 1.81. The Morgan fingerprint density at radius 2 is 2.03 bits per heavy atom. The van der Waals surface area contributed by atoms with Crippen molar-refractivity contribution >= 4 is 39.2 Å². The Kier molecular flexibility index (Phi) is 6.62. The van der Waals surface area contributed by atoms with Crippen LogP contribution in [0.2, 0.25) is 0 Å². The summed E-state index contributed by atoms with van der Waals surface area (Å²) < 4.78 is 8.46. The highest BCUT2D eigenvalue weighted by atomic mass is 79.9. The van der Waals surface area contributed by atoms with Crippen LogP contribution in [0.4, 0.5) is 0 Å². The van der Waals surface area contributed by atoms with Crippen LogP contribution in [0.15, 0.2) is 59.2 Å². The molecule has 1 aromatic carbocycles. The highest BCUT2D eigenvalue weighted by Gasteiger charge is 2.42. The van der Waals surface area contributed by atoms with E-state index in [1.165, 1.54) is 0 Å². The van der Waals surface area contributed by atoms with E-state index in [9.17, 15) is 4.79 Å². The first-order chi connectivity index (χ1) is 15.4. The van der Waals surface area contributed by atoms with Gasteiger partial charge >= 0.3 is 5.97 Å². The zero-order valence-corrected chi connectivity index (χ0v) is 20.6. The maximum absolute atomic E-state index is 12.4. The number of aromatic nitrogens is 2. The van der Waals surface area contributed by atoms with Gasteiger partial charge in [-0.15, -0.1) is 0 Å². The Bertz CT molecular complexity index is 1150. The van der Waals surface area contributed by atoms with Gasteiger partial charge < -0.3 is 19.5 Å². The van der Waals surface area contributed by atoms with E-state index in [-0.39, 0.29) is 24.6 Å². The van der Waals surface area contributed by atoms with Gasteiger partial charge in [0.15, 0.2) is 5.11 Å². The third-order valence-electron chi connectivity index (χ3n) is 5.66. The molecule has 0 spiro atoms. The predicted octanol–water partition coefficient (Wildman–Crippen LogP) is 4.79. The van der Waals surface area contributed by atoms with Gasteiger partial charge in [-0.05, 0) is 75.0 Å². The molecule has 0 aliphatic carbocycles. The quantitative estimate of drug-likeness (QED) is 0.378. The SMILES string of the molecule is CCOC(=O)CN1C(=S)N[C@H](c2ccccn2)[C@H]1c1cc(C)n(-c2cccc(Br)c2)c1C. The summed E-state index contributed by atoms with van der Waals surface area (Å²) >= 11 is 9.23. The molecule has 32 heavy (non-hydrogen) atoms. The molecule has 1 saturated heterocycles. The number of pyridine rings is 1. The summed E-state index contributed by atoms with van der Waals surface area (Å²) in [6.07, 6.45) is 1.77. The van der Waals surface area contributed by atoms with E-state index in [0.29, 0.717) is 11.7 Å². The fraction of sp³-hybridized carbons (Fsp3) is 0.292. The number of hydrogen-bond donors (Lipinski definition) is 1. The number of esters is 1. The van der Waals surface area contributed by atoms with Gasteiger partial charge in [-0.3, -0.25) is 9.78 Å². The monoisotopic (exact) mass is 512 g/mol. The van der Waals surface area contributed by atoms with E-state index in [2.05, 4.69) is 62.8 Å². The fourth-order valence-corrected chi connectivity index (χ4v) is 5.05. The number of benzene rings is 1. The Hall–Kier alpha value is -2.71. The van der Waals surface area contributed by atoms with Crippen molar-refractivity contribution in [1.82, 2.24) is 19.8 Å². The summed E-state index contributed by atoms with van der Waals surface area (Å²) in [7, 11) is 0. The van der Waals surface area contributed by atoms with Gasteiger partial charge in [0.05, 0.1) is 24.4 Å². The van der Waals surface area contributed by atoms with Gasteiger partial charge in [0.1, 0.15) is 6.54 Å². The van der Waals surface area contributed by atoms with E-state index < -0.39 is 0 Å². The summed E-state index contributed by atoms with van der Waals surface area (Å²) in [6, 6.07) is 15.8. The summed E-state index contributed by atoms with van der Waals surface area (Å²) in [5.41, 5.74) is 5.23. The van der Waals surface area contributed by atoms with Crippen molar-refractivity contribution in [2.45, 2.75) is 32.9 Å². The number of aryl methyl sites for hydroxylation is 1. The van der Waals surface area contributed by atoms with E-state index in [1.54, 1.807) is 13.1 Å². The topological polar surface area (TPSA) is 59.4 Å². The lowest BCUT2D eigenvalue weighted by atomic mass is 9.97. The molecule has 3 aromatic rings. The standard InChI is InChI=1S/C24H25BrN4O2S/c1-4-31-21(30)14-28-23(22(27-24(28)32)20-10-5-6-11-26-20)19-12-15(2)29(16(19)3)18-9-7-8-17(25)13-18/h5-13,22-23H,4,14H2,1-3H3,(H,27,32)/t22-,23-/m1/s1. The first kappa shape index (κ1) is 22.5. The first-order valence-electron chi connectivity index (χ1n) is 10.5. The minimum absolute atomic E-state index is 0.0776. The minimum Gasteiger partial charge on any atom is -0.465 e. The molecule has 4 rings (SSSR count). The molecule has 2 atom stereocenters. The Morgan fingerprint density at radius 3 is 2.72 bits per heavy atom. The zero-order chi connectivity index (χ0) is 22.8. The van der Waals surface area contributed by atoms with Crippen molar-refractivity contribution in [1.29, 1.82) is 0 Å². The second-order valence-corrected chi connectivity index (χ2v) is 9.00. The van der Waals surface area contributed by atoms with Gasteiger partial charge in [-0.1, -0.05) is 28.1 Å². The van der Waals surface area contributed by atoms with Crippen LogP contribution in [-0.4, -0.2) is 38.7 Å². The normalized spacial score (nSPS) is 18.0. The minimum atomic E-state index is -0.302. The van der Waals surface area contributed by atoms with Crippen LogP contribution in [0.25, 0.3) is 5.69 Å². The molecule has 1 N–H and O–H groups in total. The van der Waals surface area contributed by atoms with E-state index in [1.807, 2.05) is 35.2 Å². The molecule has 0 radical (unpaired) electrons. The maximum atomic E-state index is 12.4. The summed E-state index contributed by atoms with van der Waals surface area (Å²) in [5, 5.41) is 3.91. The summed E-state index contributed by atoms with van der Waals surface area (Å²) in [4.78, 5) is 18.9. The molecule has 3 heterocycles. The maximum Gasteiger partial charge on any atom is 0.325 e. The van der Waals surface area contributed by atoms with E-state index in [4.69, 9.17) is 17.0 Å². The van der Waals surface area contributed by atoms with Gasteiger partial charge in [0.25, 0.3) is 0 Å². The smallest absolute Gasteiger partial charge is 0.325 e. The van der Waals surface area contributed by atoms with Crippen molar-refractivity contribution in [2.75, 3.05) is 13.2 Å². The van der Waals surface area contributed by atoms with Crippen LogP contribution >= 0.6 is 28.1 Å². The van der Waals surface area contributed by atoms with Crippen LogP contribution in [-0.2, 0) is 9.53 Å². The van der Waals surface area contributed by atoms with E-state index >= 15 is 0 Å². The van der Waals surface area contributed by atoms with Crippen LogP contribution in [0.5, 0.6) is 0 Å². The lowest BCUT2D eigenvalue weighted by Crippen LogP contribution is -2.35. The number of thiocarbonyl (C=S) groups is 1. The number of nitrogens with one attached hydrogen (secondary N) is 1. The molecule has 166 valence electrons. The molecule has 0 bridgehead atoms. The second kappa shape index (κ2) is 9.42. The molecule has 6 nitrogen and oxygen atoms in total. The zero-order valence-electron chi connectivity index (χ0n) is 18.2. The summed E-state index contributed by atoms with van der Waals surface area (Å²) in [6.45, 7) is 6.40. The van der Waals surface area contributed by atoms with Crippen LogP contribution in [0.1, 0.15) is 41.7 Å². The number of ether oxygens (including phenoxy) is 1. The van der Waals surface area contributed by atoms with Crippen molar-refractivity contribution in [3.63, 3.8) is 0 Å². The van der Waals surface area contributed by atoms with Gasteiger partial charge in [-0.2, -0.15) is 0 Å². The highest BCUT2D eigenvalue weighted by Crippen LogP contribution is 2.41. The molecule has 0 amide bonds. The molecule has 1 aliphatic heterocycles. The summed E-state index contributed by atoms with van der Waals surface area (Å²) in [5.74, 6) is -0.302. The van der Waals surface area contributed by atoms with Crippen LogP contribution in [0, 0.1) is 13.8 Å². The third-order valence-corrected chi connectivity index (χ3v) is 6.50. The predicted molar refractivity (Wildman–Crippen MR) is 132 cm³/mol. The molecule has 1 fully saturated rings. The number of hydrogen-bond acceptors (Lipinski definition) is 4. The van der Waals surface area contributed by atoms with Gasteiger partial charge in [-0.25, -0.2) is 0 Å². The fourth-order valence-electron chi connectivity index (χ4n) is 4.36. The molecular formula is C24H25BrN4O2S. The lowest BCUT2D eigenvalue weighted by molar-refractivity contribution is -0.143. The first-order valence-corrected chi connectivity index (χ1v) is 11.7. The number of carbonyl (C=O) groups excluding carboxylic acids is 1. The number of carbonyl (C=O) groups is 1. The lowest BCUT2D eigenvalue weighted by Gasteiger charge is -2.27. The van der Waals surface area contributed by atoms with Crippen molar-refractivity contribution in [3.05, 3.63) is 81.8 Å².